The van der Waals surface area contributed by atoms with Crippen molar-refractivity contribution in [3.05, 3.63) is 41.6 Å². The maximum atomic E-state index is 11.8. The summed E-state index contributed by atoms with van der Waals surface area (Å²) in [6.07, 6.45) is 1.45. The van der Waals surface area contributed by atoms with Gasteiger partial charge in [0, 0.05) is 17.3 Å². The van der Waals surface area contributed by atoms with Crippen LogP contribution in [0.15, 0.2) is 36.0 Å². The fourth-order valence-electron chi connectivity index (χ4n) is 1.27. The molecule has 0 amide bonds. The molecule has 1 aromatic rings. The standard InChI is InChI=1S/C12H14N2O2S/c1-8(14-12(13)17)7-11(15)9-3-5-10(16-2)6-4-9/h3-7H,1-2H3,(H3,13,14,17)/b8-7+. The first-order valence-corrected chi connectivity index (χ1v) is 5.37. The van der Waals surface area contributed by atoms with Crippen LogP contribution >= 0.6 is 12.2 Å². The van der Waals surface area contributed by atoms with Crippen LogP contribution in [-0.4, -0.2) is 18.0 Å². The molecule has 0 radical (unpaired) electrons. The van der Waals surface area contributed by atoms with E-state index in [-0.39, 0.29) is 10.9 Å². The van der Waals surface area contributed by atoms with Gasteiger partial charge >= 0.3 is 0 Å². The van der Waals surface area contributed by atoms with E-state index in [4.69, 9.17) is 10.5 Å². The lowest BCUT2D eigenvalue weighted by molar-refractivity contribution is 0.104. The third-order valence-corrected chi connectivity index (χ3v) is 2.14. The quantitative estimate of drug-likeness (QED) is 0.483. The Bertz CT molecular complexity index is 452. The van der Waals surface area contributed by atoms with Crippen molar-refractivity contribution in [3.8, 4) is 5.75 Å². The Kier molecular flexibility index (Phi) is 4.66. The molecule has 0 saturated heterocycles. The lowest BCUT2D eigenvalue weighted by atomic mass is 10.1. The Morgan fingerprint density at radius 3 is 2.47 bits per heavy atom. The average Bonchev–Trinajstić information content (AvgIpc) is 2.28. The SMILES string of the molecule is COc1ccc(C(=O)/C=C(\C)NC(N)=S)cc1. The molecule has 0 bridgehead atoms. The third-order valence-electron chi connectivity index (χ3n) is 2.04. The molecule has 0 aliphatic carbocycles. The van der Waals surface area contributed by atoms with E-state index in [9.17, 15) is 4.79 Å². The molecule has 90 valence electrons. The van der Waals surface area contributed by atoms with Crippen molar-refractivity contribution in [3.63, 3.8) is 0 Å². The van der Waals surface area contributed by atoms with E-state index in [1.54, 1.807) is 38.3 Å². The molecule has 3 N–H and O–H groups in total. The van der Waals surface area contributed by atoms with Crippen LogP contribution in [0.1, 0.15) is 17.3 Å². The number of ether oxygens (including phenoxy) is 1. The number of rotatable bonds is 4. The second-order valence-electron chi connectivity index (χ2n) is 3.41. The molecule has 17 heavy (non-hydrogen) atoms. The van der Waals surface area contributed by atoms with Crippen LogP contribution in [0, 0.1) is 0 Å². The minimum atomic E-state index is -0.117. The van der Waals surface area contributed by atoms with Gasteiger partial charge in [0.25, 0.3) is 0 Å². The van der Waals surface area contributed by atoms with Crippen LogP contribution in [0.25, 0.3) is 0 Å². The number of nitrogens with one attached hydrogen (secondary N) is 1. The molecule has 0 saturated carbocycles. The number of allylic oxidation sites excluding steroid dienone is 2. The average molecular weight is 250 g/mol. The van der Waals surface area contributed by atoms with Gasteiger partial charge < -0.3 is 15.8 Å². The Morgan fingerprint density at radius 2 is 2.00 bits per heavy atom. The maximum Gasteiger partial charge on any atom is 0.187 e. The summed E-state index contributed by atoms with van der Waals surface area (Å²) in [6, 6.07) is 6.87. The second kappa shape index (κ2) is 6.00. The highest BCUT2D eigenvalue weighted by Crippen LogP contribution is 2.12. The van der Waals surface area contributed by atoms with Crippen LogP contribution in [-0.2, 0) is 0 Å². The van der Waals surface area contributed by atoms with Crippen molar-refractivity contribution >= 4 is 23.1 Å². The van der Waals surface area contributed by atoms with E-state index < -0.39 is 0 Å². The zero-order valence-corrected chi connectivity index (χ0v) is 10.5. The highest BCUT2D eigenvalue weighted by molar-refractivity contribution is 7.80. The summed E-state index contributed by atoms with van der Waals surface area (Å²) in [4.78, 5) is 11.8. The lowest BCUT2D eigenvalue weighted by Crippen LogP contribution is -2.27. The molecule has 0 aromatic heterocycles. The number of methoxy groups -OCH3 is 1. The molecule has 1 rings (SSSR count). The Hall–Kier alpha value is -1.88. The third kappa shape index (κ3) is 4.24. The molecule has 0 aliphatic heterocycles. The highest BCUT2D eigenvalue weighted by Gasteiger charge is 2.03. The van der Waals surface area contributed by atoms with Gasteiger partial charge in [-0.25, -0.2) is 0 Å². The van der Waals surface area contributed by atoms with Crippen molar-refractivity contribution in [2.45, 2.75) is 6.92 Å². The maximum absolute atomic E-state index is 11.8. The van der Waals surface area contributed by atoms with Crippen molar-refractivity contribution in [1.29, 1.82) is 0 Å². The summed E-state index contributed by atoms with van der Waals surface area (Å²) in [5, 5.41) is 2.83. The Morgan fingerprint density at radius 1 is 1.41 bits per heavy atom. The molecular weight excluding hydrogens is 236 g/mol. The molecule has 5 heteroatoms. The molecule has 0 unspecified atom stereocenters. The van der Waals surface area contributed by atoms with Gasteiger partial charge in [0.1, 0.15) is 5.75 Å². The van der Waals surface area contributed by atoms with E-state index >= 15 is 0 Å². The van der Waals surface area contributed by atoms with Gasteiger partial charge in [-0.3, -0.25) is 4.79 Å². The summed E-state index contributed by atoms with van der Waals surface area (Å²) in [5.74, 6) is 0.595. The molecular formula is C12H14N2O2S. The monoisotopic (exact) mass is 250 g/mol. The molecule has 0 aliphatic rings. The molecule has 0 heterocycles. The highest BCUT2D eigenvalue weighted by atomic mass is 32.1. The van der Waals surface area contributed by atoms with Gasteiger partial charge in [-0.1, -0.05) is 0 Å². The summed E-state index contributed by atoms with van der Waals surface area (Å²) in [5.41, 5.74) is 6.49. The van der Waals surface area contributed by atoms with E-state index in [1.807, 2.05) is 0 Å². The van der Waals surface area contributed by atoms with Gasteiger partial charge in [-0.05, 0) is 43.4 Å². The van der Waals surface area contributed by atoms with Crippen LogP contribution in [0.3, 0.4) is 0 Å². The summed E-state index contributed by atoms with van der Waals surface area (Å²) < 4.78 is 5.01. The molecule has 0 spiro atoms. The number of hydrogen-bond acceptors (Lipinski definition) is 3. The van der Waals surface area contributed by atoms with Gasteiger partial charge in [-0.15, -0.1) is 0 Å². The summed E-state index contributed by atoms with van der Waals surface area (Å²) >= 11 is 4.67. The molecule has 0 atom stereocenters. The zero-order valence-electron chi connectivity index (χ0n) is 9.69. The summed E-state index contributed by atoms with van der Waals surface area (Å²) in [7, 11) is 1.58. The fourth-order valence-corrected chi connectivity index (χ4v) is 1.43. The zero-order chi connectivity index (χ0) is 12.8. The number of nitrogens with two attached hydrogens (primary N) is 1. The second-order valence-corrected chi connectivity index (χ2v) is 3.85. The number of hydrogen-bond donors (Lipinski definition) is 2. The predicted octanol–water partition coefficient (Wildman–Crippen LogP) is 1.61. The Labute approximate surface area is 105 Å². The van der Waals surface area contributed by atoms with Crippen molar-refractivity contribution in [1.82, 2.24) is 5.32 Å². The van der Waals surface area contributed by atoms with Gasteiger partial charge in [0.05, 0.1) is 7.11 Å². The topological polar surface area (TPSA) is 64.3 Å². The number of thiocarbonyl (C=S) groups is 1. The van der Waals surface area contributed by atoms with Gasteiger partial charge in [0.2, 0.25) is 0 Å². The first-order chi connectivity index (χ1) is 8.02. The van der Waals surface area contributed by atoms with Gasteiger partial charge in [0.15, 0.2) is 10.9 Å². The minimum absolute atomic E-state index is 0.117. The van der Waals surface area contributed by atoms with Crippen LogP contribution < -0.4 is 15.8 Å². The smallest absolute Gasteiger partial charge is 0.187 e. The van der Waals surface area contributed by atoms with E-state index in [0.29, 0.717) is 17.0 Å². The molecule has 0 fully saturated rings. The van der Waals surface area contributed by atoms with Crippen LogP contribution in [0.4, 0.5) is 0 Å². The first-order valence-electron chi connectivity index (χ1n) is 4.96. The predicted molar refractivity (Wildman–Crippen MR) is 71.0 cm³/mol. The summed E-state index contributed by atoms with van der Waals surface area (Å²) in [6.45, 7) is 1.72. The lowest BCUT2D eigenvalue weighted by Gasteiger charge is -2.03. The Balaban J connectivity index is 2.78. The number of carbonyl (C=O) groups is 1. The van der Waals surface area contributed by atoms with Gasteiger partial charge in [-0.2, -0.15) is 0 Å². The van der Waals surface area contributed by atoms with E-state index in [2.05, 4.69) is 17.5 Å². The fraction of sp³-hybridized carbons (Fsp3) is 0.167. The molecule has 4 nitrogen and oxygen atoms in total. The minimum Gasteiger partial charge on any atom is -0.497 e. The number of benzene rings is 1. The van der Waals surface area contributed by atoms with Crippen molar-refractivity contribution < 1.29 is 9.53 Å². The largest absolute Gasteiger partial charge is 0.497 e. The van der Waals surface area contributed by atoms with E-state index in [0.717, 1.165) is 0 Å². The first kappa shape index (κ1) is 13.2. The van der Waals surface area contributed by atoms with Crippen LogP contribution in [0.2, 0.25) is 0 Å². The van der Waals surface area contributed by atoms with Crippen LogP contribution in [0.5, 0.6) is 5.75 Å². The molecule has 1 aromatic carbocycles. The number of ketones is 1. The van der Waals surface area contributed by atoms with E-state index in [1.165, 1.54) is 6.08 Å². The normalized spacial score (nSPS) is 10.8. The van der Waals surface area contributed by atoms with Crippen molar-refractivity contribution in [2.24, 2.45) is 5.73 Å². The van der Waals surface area contributed by atoms with Crippen molar-refractivity contribution in [2.75, 3.05) is 7.11 Å². The number of carbonyl (C=O) groups excluding carboxylic acids is 1.